The van der Waals surface area contributed by atoms with Crippen molar-refractivity contribution < 1.29 is 4.79 Å². The number of halogens is 2. The van der Waals surface area contributed by atoms with Crippen molar-refractivity contribution in [2.45, 2.75) is 0 Å². The molecular weight excluding hydrogens is 326 g/mol. The molecule has 0 aromatic heterocycles. The van der Waals surface area contributed by atoms with Crippen molar-refractivity contribution >= 4 is 45.2 Å². The molecule has 1 N–H and O–H groups in total. The van der Waals surface area contributed by atoms with E-state index in [9.17, 15) is 4.79 Å². The van der Waals surface area contributed by atoms with Crippen LogP contribution in [-0.4, -0.2) is 5.91 Å². The molecule has 0 atom stereocenters. The Labute approximate surface area is 125 Å². The molecule has 1 amide bonds. The van der Waals surface area contributed by atoms with Gasteiger partial charge in [-0.05, 0) is 48.0 Å². The second-order valence-electron chi connectivity index (χ2n) is 3.88. The predicted octanol–water partition coefficient (Wildman–Crippen LogP) is 4.75. The lowest BCUT2D eigenvalue weighted by atomic mass is 10.2. The van der Waals surface area contributed by atoms with Gasteiger partial charge in [0.25, 0.3) is 0 Å². The van der Waals surface area contributed by atoms with E-state index in [-0.39, 0.29) is 5.91 Å². The average Bonchev–Trinajstić information content (AvgIpc) is 2.41. The van der Waals surface area contributed by atoms with E-state index in [1.165, 1.54) is 6.08 Å². The van der Waals surface area contributed by atoms with Crippen molar-refractivity contribution in [2.24, 2.45) is 0 Å². The quantitative estimate of drug-likeness (QED) is 0.805. The van der Waals surface area contributed by atoms with Gasteiger partial charge in [0.15, 0.2) is 0 Å². The van der Waals surface area contributed by atoms with Gasteiger partial charge in [0.05, 0.1) is 0 Å². The summed E-state index contributed by atoms with van der Waals surface area (Å²) in [5, 5.41) is 3.46. The molecule has 0 radical (unpaired) electrons. The zero-order chi connectivity index (χ0) is 13.7. The van der Waals surface area contributed by atoms with Crippen molar-refractivity contribution in [1.29, 1.82) is 0 Å². The highest BCUT2D eigenvalue weighted by Crippen LogP contribution is 2.14. The normalized spacial score (nSPS) is 10.6. The van der Waals surface area contributed by atoms with Gasteiger partial charge in [0.1, 0.15) is 0 Å². The number of amides is 1. The van der Waals surface area contributed by atoms with Crippen molar-refractivity contribution in [3.8, 4) is 0 Å². The number of anilines is 1. The van der Waals surface area contributed by atoms with Crippen LogP contribution in [0.4, 0.5) is 5.69 Å². The van der Waals surface area contributed by atoms with Crippen LogP contribution in [0.15, 0.2) is 59.1 Å². The molecule has 2 rings (SSSR count). The maximum Gasteiger partial charge on any atom is 0.248 e. The molecule has 96 valence electrons. The summed E-state index contributed by atoms with van der Waals surface area (Å²) >= 11 is 9.13. The molecule has 0 saturated carbocycles. The molecule has 0 bridgehead atoms. The molecule has 0 heterocycles. The molecular formula is C15H11BrClNO. The topological polar surface area (TPSA) is 29.1 Å². The molecule has 0 aliphatic rings. The van der Waals surface area contributed by atoms with Gasteiger partial charge in [0.2, 0.25) is 5.91 Å². The number of hydrogen-bond donors (Lipinski definition) is 1. The highest BCUT2D eigenvalue weighted by molar-refractivity contribution is 9.10. The summed E-state index contributed by atoms with van der Waals surface area (Å²) in [5.74, 6) is -0.169. The van der Waals surface area contributed by atoms with Gasteiger partial charge in [-0.2, -0.15) is 0 Å². The monoisotopic (exact) mass is 335 g/mol. The second kappa shape index (κ2) is 6.55. The minimum absolute atomic E-state index is 0.169. The minimum Gasteiger partial charge on any atom is -0.323 e. The van der Waals surface area contributed by atoms with Gasteiger partial charge in [0, 0.05) is 21.3 Å². The average molecular weight is 337 g/mol. The van der Waals surface area contributed by atoms with E-state index in [0.717, 1.165) is 15.7 Å². The standard InChI is InChI=1S/C15H11BrClNO/c16-12-4-8-14(9-5-12)18-15(19)10-3-11-1-6-13(17)7-2-11/h1-10H,(H,18,19)/b10-3+. The van der Waals surface area contributed by atoms with Gasteiger partial charge >= 0.3 is 0 Å². The van der Waals surface area contributed by atoms with E-state index in [1.54, 1.807) is 18.2 Å². The number of carbonyl (C=O) groups is 1. The summed E-state index contributed by atoms with van der Waals surface area (Å²) in [6, 6.07) is 14.7. The van der Waals surface area contributed by atoms with E-state index in [1.807, 2.05) is 36.4 Å². The van der Waals surface area contributed by atoms with Crippen molar-refractivity contribution in [3.63, 3.8) is 0 Å². The molecule has 19 heavy (non-hydrogen) atoms. The van der Waals surface area contributed by atoms with Gasteiger partial charge in [-0.3, -0.25) is 4.79 Å². The molecule has 0 spiro atoms. The summed E-state index contributed by atoms with van der Waals surface area (Å²) in [6.07, 6.45) is 3.23. The first-order valence-corrected chi connectivity index (χ1v) is 6.81. The number of rotatable bonds is 3. The number of carbonyl (C=O) groups excluding carboxylic acids is 1. The Morgan fingerprint density at radius 1 is 1.05 bits per heavy atom. The Morgan fingerprint density at radius 2 is 1.68 bits per heavy atom. The van der Waals surface area contributed by atoms with Crippen molar-refractivity contribution in [1.82, 2.24) is 0 Å². The fourth-order valence-corrected chi connectivity index (χ4v) is 1.85. The van der Waals surface area contributed by atoms with E-state index in [4.69, 9.17) is 11.6 Å². The molecule has 0 unspecified atom stereocenters. The molecule has 2 nitrogen and oxygen atoms in total. The lowest BCUT2D eigenvalue weighted by Crippen LogP contribution is -2.07. The van der Waals surface area contributed by atoms with Gasteiger partial charge in [-0.1, -0.05) is 39.7 Å². The maximum atomic E-state index is 11.7. The highest BCUT2D eigenvalue weighted by Gasteiger charge is 1.97. The van der Waals surface area contributed by atoms with Crippen LogP contribution in [0.25, 0.3) is 6.08 Å². The van der Waals surface area contributed by atoms with Gasteiger partial charge in [-0.15, -0.1) is 0 Å². The SMILES string of the molecule is O=C(/C=C/c1ccc(Cl)cc1)Nc1ccc(Br)cc1. The lowest BCUT2D eigenvalue weighted by Gasteiger charge is -2.01. The zero-order valence-electron chi connectivity index (χ0n) is 9.94. The molecule has 0 aliphatic heterocycles. The Kier molecular flexibility index (Phi) is 4.77. The largest absolute Gasteiger partial charge is 0.323 e. The first kappa shape index (κ1) is 13.8. The highest BCUT2D eigenvalue weighted by atomic mass is 79.9. The van der Waals surface area contributed by atoms with Crippen LogP contribution < -0.4 is 5.32 Å². The third kappa shape index (κ3) is 4.54. The Hall–Kier alpha value is -1.58. The summed E-state index contributed by atoms with van der Waals surface area (Å²) in [6.45, 7) is 0. The van der Waals surface area contributed by atoms with E-state index in [2.05, 4.69) is 21.2 Å². The number of hydrogen-bond acceptors (Lipinski definition) is 1. The Balaban J connectivity index is 1.97. The van der Waals surface area contributed by atoms with Gasteiger partial charge in [-0.25, -0.2) is 0 Å². The molecule has 4 heteroatoms. The van der Waals surface area contributed by atoms with Crippen LogP contribution >= 0.6 is 27.5 Å². The van der Waals surface area contributed by atoms with E-state index < -0.39 is 0 Å². The Bertz CT molecular complexity index is 591. The van der Waals surface area contributed by atoms with Crippen LogP contribution in [0.1, 0.15) is 5.56 Å². The third-order valence-corrected chi connectivity index (χ3v) is 3.19. The van der Waals surface area contributed by atoms with Crippen molar-refractivity contribution in [2.75, 3.05) is 5.32 Å². The van der Waals surface area contributed by atoms with Crippen LogP contribution in [0, 0.1) is 0 Å². The van der Waals surface area contributed by atoms with Crippen molar-refractivity contribution in [3.05, 3.63) is 69.7 Å². The molecule has 2 aromatic carbocycles. The summed E-state index contributed by atoms with van der Waals surface area (Å²) in [5.41, 5.74) is 1.68. The fourth-order valence-electron chi connectivity index (χ4n) is 1.46. The number of nitrogens with one attached hydrogen (secondary N) is 1. The second-order valence-corrected chi connectivity index (χ2v) is 5.23. The first-order chi connectivity index (χ1) is 9.13. The Morgan fingerprint density at radius 3 is 2.32 bits per heavy atom. The molecule has 0 fully saturated rings. The van der Waals surface area contributed by atoms with Gasteiger partial charge < -0.3 is 5.32 Å². The molecule has 0 aliphatic carbocycles. The van der Waals surface area contributed by atoms with Crippen LogP contribution in [0.2, 0.25) is 5.02 Å². The summed E-state index contributed by atoms with van der Waals surface area (Å²) < 4.78 is 0.974. The maximum absolute atomic E-state index is 11.7. The molecule has 2 aromatic rings. The van der Waals surface area contributed by atoms with E-state index in [0.29, 0.717) is 5.02 Å². The van der Waals surface area contributed by atoms with Crippen LogP contribution in [0.3, 0.4) is 0 Å². The predicted molar refractivity (Wildman–Crippen MR) is 83.3 cm³/mol. The van der Waals surface area contributed by atoms with Crippen LogP contribution in [-0.2, 0) is 4.79 Å². The van der Waals surface area contributed by atoms with Crippen LogP contribution in [0.5, 0.6) is 0 Å². The number of benzene rings is 2. The minimum atomic E-state index is -0.169. The molecule has 0 saturated heterocycles. The summed E-state index contributed by atoms with van der Waals surface area (Å²) in [7, 11) is 0. The smallest absolute Gasteiger partial charge is 0.248 e. The zero-order valence-corrected chi connectivity index (χ0v) is 12.3. The van der Waals surface area contributed by atoms with E-state index >= 15 is 0 Å². The first-order valence-electron chi connectivity index (χ1n) is 5.64. The third-order valence-electron chi connectivity index (χ3n) is 2.41. The lowest BCUT2D eigenvalue weighted by molar-refractivity contribution is -0.111. The fraction of sp³-hybridized carbons (Fsp3) is 0. The summed E-state index contributed by atoms with van der Waals surface area (Å²) in [4.78, 5) is 11.7.